The molecule has 0 saturated carbocycles. The van der Waals surface area contributed by atoms with Crippen molar-refractivity contribution in [2.75, 3.05) is 0 Å². The number of benzene rings is 1. The predicted octanol–water partition coefficient (Wildman–Crippen LogP) is 3.58. The standard InChI is InChI=1S/C17H21NO2/c1-11(19)13-4-5-14(16(18)20)15(10-13)12-6-8-17(2,3)9-7-12/h4-6,10H,7-9H2,1-3H3,(H2,18,20). The molecule has 0 saturated heterocycles. The lowest BCUT2D eigenvalue weighted by molar-refractivity contribution is 0.0993. The van der Waals surface area contributed by atoms with E-state index in [1.807, 2.05) is 0 Å². The van der Waals surface area contributed by atoms with Crippen molar-refractivity contribution in [3.8, 4) is 0 Å². The van der Waals surface area contributed by atoms with Gasteiger partial charge in [0.2, 0.25) is 5.91 Å². The molecule has 1 aliphatic rings. The van der Waals surface area contributed by atoms with Gasteiger partial charge in [0.05, 0.1) is 0 Å². The monoisotopic (exact) mass is 271 g/mol. The third kappa shape index (κ3) is 2.98. The minimum Gasteiger partial charge on any atom is -0.366 e. The quantitative estimate of drug-likeness (QED) is 0.854. The molecule has 3 heteroatoms. The molecule has 20 heavy (non-hydrogen) atoms. The van der Waals surface area contributed by atoms with Crippen LogP contribution in [-0.2, 0) is 0 Å². The number of amides is 1. The first-order valence-corrected chi connectivity index (χ1v) is 6.94. The van der Waals surface area contributed by atoms with Crippen LogP contribution in [0.3, 0.4) is 0 Å². The molecule has 3 nitrogen and oxygen atoms in total. The van der Waals surface area contributed by atoms with Crippen molar-refractivity contribution in [3.63, 3.8) is 0 Å². The fraction of sp³-hybridized carbons (Fsp3) is 0.412. The number of Topliss-reactive ketones (excluding diaryl/α,β-unsaturated/α-hetero) is 1. The zero-order valence-electron chi connectivity index (χ0n) is 12.3. The normalized spacial score (nSPS) is 17.4. The topological polar surface area (TPSA) is 60.2 Å². The van der Waals surface area contributed by atoms with Gasteiger partial charge < -0.3 is 5.73 Å². The molecule has 0 spiro atoms. The molecule has 2 N–H and O–H groups in total. The largest absolute Gasteiger partial charge is 0.366 e. The van der Waals surface area contributed by atoms with Crippen molar-refractivity contribution >= 4 is 17.3 Å². The third-order valence-corrected chi connectivity index (χ3v) is 4.01. The molecule has 0 radical (unpaired) electrons. The molecule has 1 aliphatic carbocycles. The van der Waals surface area contributed by atoms with E-state index < -0.39 is 5.91 Å². The fourth-order valence-corrected chi connectivity index (χ4v) is 2.57. The number of carbonyl (C=O) groups is 2. The SMILES string of the molecule is CC(=O)c1ccc(C(N)=O)c(C2=CCC(C)(C)CC2)c1. The molecule has 2 rings (SSSR count). The van der Waals surface area contributed by atoms with E-state index in [0.717, 1.165) is 30.4 Å². The van der Waals surface area contributed by atoms with E-state index in [1.165, 1.54) is 6.92 Å². The van der Waals surface area contributed by atoms with Crippen LogP contribution in [0.5, 0.6) is 0 Å². The number of allylic oxidation sites excluding steroid dienone is 2. The molecule has 0 aromatic heterocycles. The maximum atomic E-state index is 11.6. The number of rotatable bonds is 3. The Labute approximate surface area is 119 Å². The van der Waals surface area contributed by atoms with Crippen LogP contribution in [-0.4, -0.2) is 11.7 Å². The van der Waals surface area contributed by atoms with Crippen molar-refractivity contribution in [3.05, 3.63) is 41.0 Å². The van der Waals surface area contributed by atoms with Crippen molar-refractivity contribution < 1.29 is 9.59 Å². The third-order valence-electron chi connectivity index (χ3n) is 4.01. The molecular weight excluding hydrogens is 250 g/mol. The van der Waals surface area contributed by atoms with E-state index >= 15 is 0 Å². The van der Waals surface area contributed by atoms with Crippen LogP contribution >= 0.6 is 0 Å². The van der Waals surface area contributed by atoms with Crippen molar-refractivity contribution in [1.82, 2.24) is 0 Å². The Kier molecular flexibility index (Phi) is 3.80. The number of hydrogen-bond acceptors (Lipinski definition) is 2. The number of nitrogens with two attached hydrogens (primary N) is 1. The molecule has 0 bridgehead atoms. The summed E-state index contributed by atoms with van der Waals surface area (Å²) in [6.45, 7) is 6.00. The van der Waals surface area contributed by atoms with E-state index in [-0.39, 0.29) is 5.78 Å². The molecule has 0 fully saturated rings. The first kappa shape index (κ1) is 14.5. The summed E-state index contributed by atoms with van der Waals surface area (Å²) in [6, 6.07) is 5.13. The van der Waals surface area contributed by atoms with Crippen molar-refractivity contribution in [2.24, 2.45) is 11.1 Å². The van der Waals surface area contributed by atoms with Gasteiger partial charge in [-0.25, -0.2) is 0 Å². The maximum absolute atomic E-state index is 11.6. The Morgan fingerprint density at radius 2 is 1.95 bits per heavy atom. The summed E-state index contributed by atoms with van der Waals surface area (Å²) in [5, 5.41) is 0. The molecule has 106 valence electrons. The van der Waals surface area contributed by atoms with Crippen LogP contribution in [0, 0.1) is 5.41 Å². The van der Waals surface area contributed by atoms with Gasteiger partial charge in [0.25, 0.3) is 0 Å². The predicted molar refractivity (Wildman–Crippen MR) is 80.6 cm³/mol. The summed E-state index contributed by atoms with van der Waals surface area (Å²) in [5.41, 5.74) is 8.82. The summed E-state index contributed by atoms with van der Waals surface area (Å²) in [6.07, 6.45) is 5.13. The Bertz CT molecular complexity index is 597. The van der Waals surface area contributed by atoms with Crippen LogP contribution in [0.4, 0.5) is 0 Å². The van der Waals surface area contributed by atoms with Crippen LogP contribution in [0.15, 0.2) is 24.3 Å². The molecule has 1 aromatic rings. The average molecular weight is 271 g/mol. The molecule has 0 heterocycles. The van der Waals surface area contributed by atoms with Crippen LogP contribution in [0.25, 0.3) is 5.57 Å². The zero-order chi connectivity index (χ0) is 14.9. The van der Waals surface area contributed by atoms with Crippen molar-refractivity contribution in [2.45, 2.75) is 40.0 Å². The van der Waals surface area contributed by atoms with Gasteiger partial charge in [0, 0.05) is 11.1 Å². The fourth-order valence-electron chi connectivity index (χ4n) is 2.57. The van der Waals surface area contributed by atoms with E-state index in [0.29, 0.717) is 16.5 Å². The number of hydrogen-bond donors (Lipinski definition) is 1. The second-order valence-corrected chi connectivity index (χ2v) is 6.28. The summed E-state index contributed by atoms with van der Waals surface area (Å²) in [7, 11) is 0. The lowest BCUT2D eigenvalue weighted by Crippen LogP contribution is -2.17. The lowest BCUT2D eigenvalue weighted by Gasteiger charge is -2.29. The molecule has 0 atom stereocenters. The van der Waals surface area contributed by atoms with Gasteiger partial charge in [0.1, 0.15) is 0 Å². The highest BCUT2D eigenvalue weighted by molar-refractivity contribution is 6.01. The number of primary amides is 1. The van der Waals surface area contributed by atoms with Crippen LogP contribution < -0.4 is 5.73 Å². The van der Waals surface area contributed by atoms with Gasteiger partial charge in [-0.3, -0.25) is 9.59 Å². The highest BCUT2D eigenvalue weighted by Crippen LogP contribution is 2.38. The Balaban J connectivity index is 2.48. The van der Waals surface area contributed by atoms with E-state index in [4.69, 9.17) is 5.73 Å². The first-order chi connectivity index (χ1) is 9.30. The lowest BCUT2D eigenvalue weighted by atomic mass is 9.76. The number of carbonyl (C=O) groups excluding carboxylic acids is 2. The summed E-state index contributed by atoms with van der Waals surface area (Å²) >= 11 is 0. The van der Waals surface area contributed by atoms with Gasteiger partial charge in [-0.2, -0.15) is 0 Å². The Morgan fingerprint density at radius 3 is 2.45 bits per heavy atom. The summed E-state index contributed by atoms with van der Waals surface area (Å²) < 4.78 is 0. The Hall–Kier alpha value is -1.90. The molecule has 1 amide bonds. The van der Waals surface area contributed by atoms with Gasteiger partial charge in [-0.15, -0.1) is 0 Å². The van der Waals surface area contributed by atoms with E-state index in [1.54, 1.807) is 18.2 Å². The summed E-state index contributed by atoms with van der Waals surface area (Å²) in [4.78, 5) is 23.1. The molecule has 1 aromatic carbocycles. The molecule has 0 aliphatic heterocycles. The molecular formula is C17H21NO2. The average Bonchev–Trinajstić information content (AvgIpc) is 2.37. The zero-order valence-corrected chi connectivity index (χ0v) is 12.3. The smallest absolute Gasteiger partial charge is 0.249 e. The highest BCUT2D eigenvalue weighted by Gasteiger charge is 2.24. The second-order valence-electron chi connectivity index (χ2n) is 6.28. The van der Waals surface area contributed by atoms with Gasteiger partial charge >= 0.3 is 0 Å². The van der Waals surface area contributed by atoms with Gasteiger partial charge in [-0.05, 0) is 54.9 Å². The van der Waals surface area contributed by atoms with Gasteiger partial charge in [0.15, 0.2) is 5.78 Å². The maximum Gasteiger partial charge on any atom is 0.249 e. The second kappa shape index (κ2) is 5.23. The minimum absolute atomic E-state index is 0.000917. The van der Waals surface area contributed by atoms with Crippen molar-refractivity contribution in [1.29, 1.82) is 0 Å². The minimum atomic E-state index is -0.444. The van der Waals surface area contributed by atoms with Crippen LogP contribution in [0.2, 0.25) is 0 Å². The molecule has 0 unspecified atom stereocenters. The van der Waals surface area contributed by atoms with Gasteiger partial charge in [-0.1, -0.05) is 26.0 Å². The highest BCUT2D eigenvalue weighted by atomic mass is 16.1. The summed E-state index contributed by atoms with van der Waals surface area (Å²) in [5.74, 6) is -0.445. The Morgan fingerprint density at radius 1 is 1.25 bits per heavy atom. The first-order valence-electron chi connectivity index (χ1n) is 6.94. The number of ketones is 1. The van der Waals surface area contributed by atoms with E-state index in [2.05, 4.69) is 19.9 Å². The van der Waals surface area contributed by atoms with E-state index in [9.17, 15) is 9.59 Å². The van der Waals surface area contributed by atoms with Crippen LogP contribution in [0.1, 0.15) is 66.3 Å².